The Morgan fingerprint density at radius 3 is 2.27 bits per heavy atom. The minimum atomic E-state index is -0.230. The zero-order chi connectivity index (χ0) is 11.7. The quantitative estimate of drug-likeness (QED) is 0.578. The number of primary amides is 1. The minimum absolute atomic E-state index is 0.156. The Balaban J connectivity index is 3.89. The smallest absolute Gasteiger partial charge is 0.234 e. The van der Waals surface area contributed by atoms with Crippen molar-refractivity contribution in [3.8, 4) is 0 Å². The lowest BCUT2D eigenvalue weighted by Crippen LogP contribution is -2.45. The summed E-state index contributed by atoms with van der Waals surface area (Å²) in [5.74, 6) is -0.230. The number of carbonyl (C=O) groups excluding carboxylic acids is 1. The molecule has 0 aromatic heterocycles. The van der Waals surface area contributed by atoms with Gasteiger partial charge in [0, 0.05) is 6.04 Å². The molecule has 0 aliphatic rings. The summed E-state index contributed by atoms with van der Waals surface area (Å²) in [6, 6.07) is 0.283. The van der Waals surface area contributed by atoms with Crippen LogP contribution in [0.3, 0.4) is 0 Å². The number of nitrogens with two attached hydrogens (primary N) is 1. The van der Waals surface area contributed by atoms with E-state index in [1.165, 1.54) is 19.3 Å². The Morgan fingerprint density at radius 2 is 1.87 bits per heavy atom. The monoisotopic (exact) mass is 214 g/mol. The first kappa shape index (κ1) is 14.4. The van der Waals surface area contributed by atoms with Crippen LogP contribution in [0.5, 0.6) is 0 Å². The van der Waals surface area contributed by atoms with Crippen molar-refractivity contribution in [3.63, 3.8) is 0 Å². The lowest BCUT2D eigenvalue weighted by molar-refractivity contribution is -0.120. The third-order valence-electron chi connectivity index (χ3n) is 2.84. The van der Waals surface area contributed by atoms with Crippen LogP contribution in [0.2, 0.25) is 0 Å². The fraction of sp³-hybridized carbons (Fsp3) is 0.917. The van der Waals surface area contributed by atoms with Crippen LogP contribution in [0.25, 0.3) is 0 Å². The van der Waals surface area contributed by atoms with Crippen molar-refractivity contribution >= 4 is 5.91 Å². The molecule has 3 N–H and O–H groups in total. The number of amides is 1. The van der Waals surface area contributed by atoms with Crippen LogP contribution in [0.1, 0.15) is 59.3 Å². The van der Waals surface area contributed by atoms with Crippen molar-refractivity contribution in [1.29, 1.82) is 0 Å². The molecule has 3 heteroatoms. The van der Waals surface area contributed by atoms with Crippen LogP contribution in [-0.4, -0.2) is 18.0 Å². The van der Waals surface area contributed by atoms with Crippen LogP contribution >= 0.6 is 0 Å². The summed E-state index contributed by atoms with van der Waals surface area (Å²) in [6.45, 7) is 6.34. The molecule has 0 saturated carbocycles. The van der Waals surface area contributed by atoms with Gasteiger partial charge in [0.2, 0.25) is 5.91 Å². The molecule has 2 atom stereocenters. The maximum Gasteiger partial charge on any atom is 0.234 e. The first-order chi connectivity index (χ1) is 7.15. The Bertz CT molecular complexity index is 171. The lowest BCUT2D eigenvalue weighted by Gasteiger charge is -2.22. The second kappa shape index (κ2) is 8.72. The molecule has 0 aromatic rings. The average Bonchev–Trinajstić information content (AvgIpc) is 2.22. The zero-order valence-electron chi connectivity index (χ0n) is 10.4. The predicted octanol–water partition coefficient (Wildman–Crippen LogP) is 2.20. The minimum Gasteiger partial charge on any atom is -0.368 e. The first-order valence-electron chi connectivity index (χ1n) is 6.20. The Kier molecular flexibility index (Phi) is 8.38. The van der Waals surface area contributed by atoms with E-state index >= 15 is 0 Å². The molecule has 0 heterocycles. The van der Waals surface area contributed by atoms with E-state index in [1.807, 2.05) is 6.92 Å². The highest BCUT2D eigenvalue weighted by atomic mass is 16.1. The number of hydrogen-bond donors (Lipinski definition) is 2. The van der Waals surface area contributed by atoms with Gasteiger partial charge in [-0.1, -0.05) is 40.0 Å². The number of unbranched alkanes of at least 4 members (excludes halogenated alkanes) is 2. The standard InChI is InChI=1S/C12H26N2O/c1-4-7-8-9-10(5-2)14-11(6-3)12(13)15/h10-11,14H,4-9H2,1-3H3,(H2,13,15). The van der Waals surface area contributed by atoms with Crippen molar-refractivity contribution in [2.75, 3.05) is 0 Å². The number of carbonyl (C=O) groups is 1. The fourth-order valence-corrected chi connectivity index (χ4v) is 1.73. The molecule has 0 saturated heterocycles. The normalized spacial score (nSPS) is 14.9. The topological polar surface area (TPSA) is 55.1 Å². The van der Waals surface area contributed by atoms with Gasteiger partial charge in [-0.2, -0.15) is 0 Å². The predicted molar refractivity (Wildman–Crippen MR) is 64.6 cm³/mol. The number of rotatable bonds is 9. The molecule has 15 heavy (non-hydrogen) atoms. The molecule has 90 valence electrons. The SMILES string of the molecule is CCCCCC(CC)NC(CC)C(N)=O. The summed E-state index contributed by atoms with van der Waals surface area (Å²) >= 11 is 0. The van der Waals surface area contributed by atoms with E-state index < -0.39 is 0 Å². The van der Waals surface area contributed by atoms with Crippen molar-refractivity contribution in [2.45, 2.75) is 71.4 Å². The van der Waals surface area contributed by atoms with Gasteiger partial charge in [-0.15, -0.1) is 0 Å². The molecular weight excluding hydrogens is 188 g/mol. The summed E-state index contributed by atoms with van der Waals surface area (Å²) in [5.41, 5.74) is 5.30. The van der Waals surface area contributed by atoms with Crippen molar-refractivity contribution < 1.29 is 4.79 Å². The van der Waals surface area contributed by atoms with Crippen molar-refractivity contribution in [3.05, 3.63) is 0 Å². The summed E-state index contributed by atoms with van der Waals surface area (Å²) in [4.78, 5) is 11.1. The molecule has 2 unspecified atom stereocenters. The highest BCUT2D eigenvalue weighted by Crippen LogP contribution is 2.07. The largest absolute Gasteiger partial charge is 0.368 e. The third kappa shape index (κ3) is 6.50. The van der Waals surface area contributed by atoms with E-state index in [-0.39, 0.29) is 11.9 Å². The lowest BCUT2D eigenvalue weighted by atomic mass is 10.0. The van der Waals surface area contributed by atoms with E-state index in [0.29, 0.717) is 6.04 Å². The zero-order valence-corrected chi connectivity index (χ0v) is 10.4. The van der Waals surface area contributed by atoms with E-state index in [0.717, 1.165) is 19.3 Å². The summed E-state index contributed by atoms with van der Waals surface area (Å²) in [6.07, 6.45) is 6.73. The van der Waals surface area contributed by atoms with Gasteiger partial charge in [-0.05, 0) is 19.3 Å². The van der Waals surface area contributed by atoms with Gasteiger partial charge in [-0.25, -0.2) is 0 Å². The van der Waals surface area contributed by atoms with Gasteiger partial charge in [0.05, 0.1) is 6.04 Å². The maximum atomic E-state index is 11.1. The molecule has 0 aliphatic heterocycles. The van der Waals surface area contributed by atoms with E-state index in [9.17, 15) is 4.79 Å². The van der Waals surface area contributed by atoms with Crippen molar-refractivity contribution in [2.24, 2.45) is 5.73 Å². The van der Waals surface area contributed by atoms with E-state index in [4.69, 9.17) is 5.73 Å². The number of hydrogen-bond acceptors (Lipinski definition) is 2. The molecule has 3 nitrogen and oxygen atoms in total. The van der Waals surface area contributed by atoms with Gasteiger partial charge in [0.1, 0.15) is 0 Å². The summed E-state index contributed by atoms with van der Waals surface area (Å²) in [5, 5.41) is 3.34. The molecule has 0 radical (unpaired) electrons. The summed E-state index contributed by atoms with van der Waals surface area (Å²) < 4.78 is 0. The van der Waals surface area contributed by atoms with Gasteiger partial charge in [-0.3, -0.25) is 4.79 Å². The molecule has 0 spiro atoms. The number of nitrogens with one attached hydrogen (secondary N) is 1. The second-order valence-corrected chi connectivity index (χ2v) is 4.13. The molecule has 1 amide bonds. The third-order valence-corrected chi connectivity index (χ3v) is 2.84. The van der Waals surface area contributed by atoms with Gasteiger partial charge < -0.3 is 11.1 Å². The molecule has 0 bridgehead atoms. The average molecular weight is 214 g/mol. The molecule has 0 aliphatic carbocycles. The van der Waals surface area contributed by atoms with Crippen LogP contribution in [0.15, 0.2) is 0 Å². The Labute approximate surface area is 93.8 Å². The highest BCUT2D eigenvalue weighted by molar-refractivity contribution is 5.79. The van der Waals surface area contributed by atoms with Gasteiger partial charge in [0.15, 0.2) is 0 Å². The molecule has 0 aromatic carbocycles. The van der Waals surface area contributed by atoms with Crippen molar-refractivity contribution in [1.82, 2.24) is 5.32 Å². The van der Waals surface area contributed by atoms with Crippen LogP contribution in [-0.2, 0) is 4.79 Å². The Hall–Kier alpha value is -0.570. The molecular formula is C12H26N2O. The van der Waals surface area contributed by atoms with Crippen LogP contribution < -0.4 is 11.1 Å². The molecule has 0 rings (SSSR count). The second-order valence-electron chi connectivity index (χ2n) is 4.13. The van der Waals surface area contributed by atoms with Crippen LogP contribution in [0.4, 0.5) is 0 Å². The Morgan fingerprint density at radius 1 is 1.20 bits per heavy atom. The molecule has 0 fully saturated rings. The van der Waals surface area contributed by atoms with E-state index in [2.05, 4.69) is 19.2 Å². The van der Waals surface area contributed by atoms with Gasteiger partial charge >= 0.3 is 0 Å². The highest BCUT2D eigenvalue weighted by Gasteiger charge is 2.16. The van der Waals surface area contributed by atoms with E-state index in [1.54, 1.807) is 0 Å². The van der Waals surface area contributed by atoms with Crippen LogP contribution in [0, 0.1) is 0 Å². The maximum absolute atomic E-state index is 11.1. The van der Waals surface area contributed by atoms with Gasteiger partial charge in [0.25, 0.3) is 0 Å². The summed E-state index contributed by atoms with van der Waals surface area (Å²) in [7, 11) is 0. The first-order valence-corrected chi connectivity index (χ1v) is 6.20. The fourth-order valence-electron chi connectivity index (χ4n) is 1.73.